The summed E-state index contributed by atoms with van der Waals surface area (Å²) in [7, 11) is 5.32. The van der Waals surface area contributed by atoms with Gasteiger partial charge in [0.1, 0.15) is 0 Å². The Labute approximate surface area is 69.6 Å². The summed E-state index contributed by atoms with van der Waals surface area (Å²) in [5, 5.41) is 19.5. The Kier molecular flexibility index (Phi) is 5.12. The fourth-order valence-corrected chi connectivity index (χ4v) is 0.766. The third-order valence-corrected chi connectivity index (χ3v) is 1.80. The van der Waals surface area contributed by atoms with Crippen LogP contribution in [0.25, 0.3) is 0 Å². The first-order valence-electron chi connectivity index (χ1n) is 3.48. The van der Waals surface area contributed by atoms with E-state index in [4.69, 9.17) is 10.3 Å². The Balaban J connectivity index is 4.04. The second-order valence-electron chi connectivity index (χ2n) is 2.28. The van der Waals surface area contributed by atoms with E-state index in [1.54, 1.807) is 7.28 Å². The summed E-state index contributed by atoms with van der Waals surface area (Å²) < 4.78 is 0. The van der Waals surface area contributed by atoms with Crippen molar-refractivity contribution in [2.45, 2.75) is 18.8 Å². The molecule has 6 heteroatoms. The van der Waals surface area contributed by atoms with E-state index < -0.39 is 5.11 Å². The van der Waals surface area contributed by atoms with E-state index in [-0.39, 0.29) is 6.61 Å². The number of aliphatic hydroxyl groups excluding tert-OH is 1. The highest BCUT2D eigenvalue weighted by Gasteiger charge is 2.25. The van der Waals surface area contributed by atoms with Crippen LogP contribution in [0.5, 0.6) is 0 Å². The van der Waals surface area contributed by atoms with Gasteiger partial charge in [-0.2, -0.15) is 0 Å². The first-order valence-corrected chi connectivity index (χ1v) is 3.48. The second kappa shape index (κ2) is 5.30. The highest BCUT2D eigenvalue weighted by atomic mass is 16.4. The monoisotopic (exact) mass is 150 g/mol. The summed E-state index contributed by atoms with van der Waals surface area (Å²) in [5.41, 5.74) is 0. The van der Waals surface area contributed by atoms with Crippen LogP contribution in [0, 0.1) is 0 Å². The first kappa shape index (κ1) is 10.6. The average Bonchev–Trinajstić information content (AvgIpc) is 2.08. The Bertz CT molecular complexity index is 119. The van der Waals surface area contributed by atoms with Crippen molar-refractivity contribution in [2.24, 2.45) is 5.16 Å². The molecule has 3 nitrogen and oxygen atoms in total. The number of hydrogen-bond donors (Lipinski definition) is 2. The lowest BCUT2D eigenvalue weighted by molar-refractivity contribution is 0.298. The molecule has 0 fully saturated rings. The van der Waals surface area contributed by atoms with Crippen LogP contribution in [-0.4, -0.2) is 44.9 Å². The summed E-state index contributed by atoms with van der Waals surface area (Å²) in [6.07, 6.45) is 1.26. The van der Waals surface area contributed by atoms with Crippen LogP contribution in [0.2, 0.25) is 18.8 Å². The molecule has 0 aromatic heterocycles. The summed E-state index contributed by atoms with van der Waals surface area (Å²) in [4.78, 5) is 0. The predicted octanol–water partition coefficient (Wildman–Crippen LogP) is -0.321. The van der Waals surface area contributed by atoms with Gasteiger partial charge in [-0.25, -0.2) is 0 Å². The van der Waals surface area contributed by atoms with Gasteiger partial charge < -0.3 is 10.3 Å². The van der Waals surface area contributed by atoms with E-state index >= 15 is 0 Å². The summed E-state index contributed by atoms with van der Waals surface area (Å²) in [5.74, 6) is 0. The van der Waals surface area contributed by atoms with Crippen LogP contribution in [0.1, 0.15) is 0 Å². The molecule has 0 amide bonds. The third-order valence-electron chi connectivity index (χ3n) is 1.80. The molecule has 0 atom stereocenters. The molecule has 0 aromatic carbocycles. The number of aliphatic hydroxyl groups is 1. The van der Waals surface area contributed by atoms with Gasteiger partial charge in [-0.3, -0.25) is 0 Å². The molecule has 3 radical (unpaired) electrons. The van der Waals surface area contributed by atoms with Gasteiger partial charge in [0.2, 0.25) is 0 Å². The van der Waals surface area contributed by atoms with Gasteiger partial charge in [-0.15, -0.1) is 5.16 Å². The van der Waals surface area contributed by atoms with Crippen molar-refractivity contribution in [2.75, 3.05) is 6.61 Å². The van der Waals surface area contributed by atoms with E-state index in [1.807, 2.05) is 28.2 Å². The molecule has 0 spiro atoms. The van der Waals surface area contributed by atoms with Gasteiger partial charge in [-0.05, 0) is 6.11 Å². The van der Waals surface area contributed by atoms with E-state index in [0.717, 1.165) is 0 Å². The molecule has 0 rings (SSSR count). The lowest BCUT2D eigenvalue weighted by Crippen LogP contribution is -2.35. The summed E-state index contributed by atoms with van der Waals surface area (Å²) >= 11 is 0. The number of nitrogens with zero attached hydrogens (tertiary/aromatic N) is 1. The van der Waals surface area contributed by atoms with Crippen molar-refractivity contribution in [3.63, 3.8) is 0 Å². The zero-order valence-corrected chi connectivity index (χ0v) is 6.86. The van der Waals surface area contributed by atoms with Gasteiger partial charge in [0, 0.05) is 6.61 Å². The van der Waals surface area contributed by atoms with Crippen molar-refractivity contribution in [1.29, 1.82) is 0 Å². The average molecular weight is 150 g/mol. The van der Waals surface area contributed by atoms with E-state index in [0.29, 0.717) is 0 Å². The molecule has 0 aliphatic rings. The maximum atomic E-state index is 8.97. The maximum absolute atomic E-state index is 8.97. The zero-order valence-electron chi connectivity index (χ0n) is 6.86. The van der Waals surface area contributed by atoms with Crippen molar-refractivity contribution in [1.82, 2.24) is 0 Å². The molecule has 0 saturated heterocycles. The Morgan fingerprint density at radius 2 is 2.00 bits per heavy atom. The molecule has 0 saturated carbocycles. The van der Waals surface area contributed by atoms with Crippen molar-refractivity contribution in [3.8, 4) is 0 Å². The van der Waals surface area contributed by atoms with Crippen LogP contribution in [-0.2, 0) is 0 Å². The fraction of sp³-hybridized carbons (Fsp3) is 0.800. The quantitative estimate of drug-likeness (QED) is 0.244. The largest absolute Gasteiger partial charge is 0.412 e. The zero-order chi connectivity index (χ0) is 8.74. The van der Waals surface area contributed by atoms with Crippen LogP contribution in [0.15, 0.2) is 5.16 Å². The molecule has 0 aliphatic heterocycles. The number of oxime groups is 1. The number of hydrogen-bond acceptors (Lipinski definition) is 3. The lowest BCUT2D eigenvalue weighted by Gasteiger charge is -2.25. The molecule has 0 aromatic rings. The fourth-order valence-electron chi connectivity index (χ4n) is 0.766. The summed E-state index contributed by atoms with van der Waals surface area (Å²) in [6, 6.07) is 0. The highest BCUT2D eigenvalue weighted by Crippen LogP contribution is 2.18. The van der Waals surface area contributed by atoms with Crippen LogP contribution >= 0.6 is 0 Å². The molecule has 0 heterocycles. The maximum Gasteiger partial charge on any atom is 0.164 e. The smallest absolute Gasteiger partial charge is 0.164 e. The first-order chi connectivity index (χ1) is 5.24. The highest BCUT2D eigenvalue weighted by molar-refractivity contribution is 6.90. The van der Waals surface area contributed by atoms with E-state index in [2.05, 4.69) is 5.16 Å². The normalized spacial score (nSPS) is 11.5. The molecule has 11 heavy (non-hydrogen) atoms. The topological polar surface area (TPSA) is 52.8 Å². The van der Waals surface area contributed by atoms with Gasteiger partial charge >= 0.3 is 0 Å². The van der Waals surface area contributed by atoms with E-state index in [9.17, 15) is 0 Å². The van der Waals surface area contributed by atoms with Gasteiger partial charge in [0.25, 0.3) is 0 Å². The second-order valence-corrected chi connectivity index (χ2v) is 2.28. The SMILES string of the molecule is C[B]C([B]C)([B]/C=N\O)CO. The molecule has 0 aliphatic carbocycles. The minimum atomic E-state index is -0.452. The van der Waals surface area contributed by atoms with Gasteiger partial charge in [0.05, 0.1) is 14.6 Å². The molecule has 2 N–H and O–H groups in total. The molecule has 0 unspecified atom stereocenters. The van der Waals surface area contributed by atoms with Crippen LogP contribution < -0.4 is 0 Å². The van der Waals surface area contributed by atoms with Crippen molar-refractivity contribution >= 4 is 28.0 Å². The van der Waals surface area contributed by atoms with Crippen LogP contribution in [0.4, 0.5) is 0 Å². The lowest BCUT2D eigenvalue weighted by atomic mass is 9.21. The molecule has 57 valence electrons. The third kappa shape index (κ3) is 3.01. The van der Waals surface area contributed by atoms with Crippen LogP contribution in [0.3, 0.4) is 0 Å². The summed E-state index contributed by atoms with van der Waals surface area (Å²) in [6.45, 7) is 3.68. The molecule has 0 bridgehead atoms. The van der Waals surface area contributed by atoms with Gasteiger partial charge in [-0.1, -0.05) is 18.8 Å². The molecular weight excluding hydrogens is 138 g/mol. The van der Waals surface area contributed by atoms with E-state index in [1.165, 1.54) is 6.11 Å². The Hall–Kier alpha value is -0.375. The Morgan fingerprint density at radius 3 is 2.27 bits per heavy atom. The van der Waals surface area contributed by atoms with Crippen molar-refractivity contribution in [3.05, 3.63) is 0 Å². The van der Waals surface area contributed by atoms with Gasteiger partial charge in [0.15, 0.2) is 7.28 Å². The standard InChI is InChI=1S/C5H11B3NO2/c1-6-5(3-10,7-2)8-4-9-11/h4,10-11H,3H2,1-2H3/b9-4-. The van der Waals surface area contributed by atoms with Crippen molar-refractivity contribution < 1.29 is 10.3 Å². The predicted molar refractivity (Wildman–Crippen MR) is 49.0 cm³/mol. The Morgan fingerprint density at radius 1 is 1.45 bits per heavy atom. The number of rotatable bonds is 5. The molecular formula is C5H11B3NO2. The minimum absolute atomic E-state index is 0.00792. The minimum Gasteiger partial charge on any atom is -0.412 e.